The summed E-state index contributed by atoms with van der Waals surface area (Å²) in [6.45, 7) is 3.96. The predicted octanol–water partition coefficient (Wildman–Crippen LogP) is 2.18. The monoisotopic (exact) mass is 228 g/mol. The quantitative estimate of drug-likeness (QED) is 0.875. The van der Waals surface area contributed by atoms with Gasteiger partial charge in [-0.2, -0.15) is 0 Å². The van der Waals surface area contributed by atoms with Crippen molar-refractivity contribution in [1.82, 2.24) is 9.97 Å². The van der Waals surface area contributed by atoms with Crippen molar-refractivity contribution in [3.63, 3.8) is 0 Å². The molecule has 1 N–H and O–H groups in total. The summed E-state index contributed by atoms with van der Waals surface area (Å²) in [5.41, 5.74) is 4.04. The van der Waals surface area contributed by atoms with E-state index >= 15 is 0 Å². The third-order valence-electron chi connectivity index (χ3n) is 2.73. The Morgan fingerprint density at radius 3 is 2.59 bits per heavy atom. The Morgan fingerprint density at radius 1 is 1.12 bits per heavy atom. The number of rotatable bonds is 3. The molecular formula is C14H16N2O. The highest BCUT2D eigenvalue weighted by atomic mass is 16.3. The maximum absolute atomic E-state index is 9.12. The van der Waals surface area contributed by atoms with Crippen LogP contribution < -0.4 is 0 Å². The Hall–Kier alpha value is -1.74. The van der Waals surface area contributed by atoms with Gasteiger partial charge in [0.2, 0.25) is 0 Å². The van der Waals surface area contributed by atoms with Crippen molar-refractivity contribution in [2.45, 2.75) is 26.9 Å². The molecule has 0 spiro atoms. The van der Waals surface area contributed by atoms with Crippen LogP contribution in [0, 0.1) is 13.8 Å². The third-order valence-corrected chi connectivity index (χ3v) is 2.73. The predicted molar refractivity (Wildman–Crippen MR) is 66.7 cm³/mol. The van der Waals surface area contributed by atoms with Crippen LogP contribution in [0.25, 0.3) is 0 Å². The highest BCUT2D eigenvalue weighted by Gasteiger charge is 2.04. The number of hydrogen-bond donors (Lipinski definition) is 1. The summed E-state index contributed by atoms with van der Waals surface area (Å²) in [5, 5.41) is 9.12. The van der Waals surface area contributed by atoms with Gasteiger partial charge < -0.3 is 5.11 Å². The van der Waals surface area contributed by atoms with E-state index in [2.05, 4.69) is 29.0 Å². The van der Waals surface area contributed by atoms with Gasteiger partial charge in [0, 0.05) is 12.1 Å². The molecule has 0 saturated heterocycles. The largest absolute Gasteiger partial charge is 0.390 e. The molecule has 0 atom stereocenters. The Bertz CT molecular complexity index is 523. The van der Waals surface area contributed by atoms with Gasteiger partial charge in [0.25, 0.3) is 0 Å². The normalized spacial score (nSPS) is 10.5. The van der Waals surface area contributed by atoms with Gasteiger partial charge in [-0.25, -0.2) is 9.97 Å². The van der Waals surface area contributed by atoms with Crippen molar-refractivity contribution < 1.29 is 5.11 Å². The first-order valence-electron chi connectivity index (χ1n) is 5.68. The van der Waals surface area contributed by atoms with E-state index in [0.29, 0.717) is 12.1 Å². The number of aryl methyl sites for hydroxylation is 2. The van der Waals surface area contributed by atoms with Gasteiger partial charge in [-0.05, 0) is 31.0 Å². The van der Waals surface area contributed by atoms with Gasteiger partial charge in [0.15, 0.2) is 0 Å². The average molecular weight is 228 g/mol. The molecule has 1 aromatic carbocycles. The van der Waals surface area contributed by atoms with Crippen LogP contribution in [0.2, 0.25) is 0 Å². The van der Waals surface area contributed by atoms with Crippen LogP contribution in [-0.2, 0) is 13.0 Å². The molecule has 0 aliphatic carbocycles. The van der Waals surface area contributed by atoms with E-state index in [9.17, 15) is 0 Å². The molecule has 2 aromatic rings. The van der Waals surface area contributed by atoms with Gasteiger partial charge in [-0.15, -0.1) is 0 Å². The summed E-state index contributed by atoms with van der Waals surface area (Å²) in [6.07, 6.45) is 0.710. The molecule has 3 heteroatoms. The molecule has 1 heterocycles. The summed E-state index contributed by atoms with van der Waals surface area (Å²) < 4.78 is 0. The Morgan fingerprint density at radius 2 is 1.88 bits per heavy atom. The van der Waals surface area contributed by atoms with Gasteiger partial charge >= 0.3 is 0 Å². The van der Waals surface area contributed by atoms with Gasteiger partial charge in [0.1, 0.15) is 5.82 Å². The van der Waals surface area contributed by atoms with E-state index in [1.54, 1.807) is 6.07 Å². The SMILES string of the molecule is Cc1cc(CO)nc(Cc2ccccc2C)n1. The maximum Gasteiger partial charge on any atom is 0.133 e. The lowest BCUT2D eigenvalue weighted by Gasteiger charge is -2.06. The first-order valence-corrected chi connectivity index (χ1v) is 5.68. The lowest BCUT2D eigenvalue weighted by Crippen LogP contribution is -2.03. The fourth-order valence-corrected chi connectivity index (χ4v) is 1.84. The molecule has 0 saturated carbocycles. The van der Waals surface area contributed by atoms with Gasteiger partial charge in [-0.3, -0.25) is 0 Å². The zero-order valence-corrected chi connectivity index (χ0v) is 10.1. The summed E-state index contributed by atoms with van der Waals surface area (Å²) in [4.78, 5) is 8.72. The van der Waals surface area contributed by atoms with Crippen molar-refractivity contribution in [2.24, 2.45) is 0 Å². The molecule has 0 fully saturated rings. The number of nitrogens with zero attached hydrogens (tertiary/aromatic N) is 2. The molecule has 2 rings (SSSR count). The van der Waals surface area contributed by atoms with Crippen LogP contribution in [0.3, 0.4) is 0 Å². The zero-order chi connectivity index (χ0) is 12.3. The van der Waals surface area contributed by atoms with Crippen LogP contribution >= 0.6 is 0 Å². The number of aromatic nitrogens is 2. The van der Waals surface area contributed by atoms with E-state index in [1.165, 1.54) is 11.1 Å². The standard InChI is InChI=1S/C14H16N2O/c1-10-5-3-4-6-12(10)8-14-15-11(2)7-13(9-17)16-14/h3-7,17H,8-9H2,1-2H3. The minimum Gasteiger partial charge on any atom is -0.390 e. The molecule has 0 aliphatic rings. The Balaban J connectivity index is 2.30. The van der Waals surface area contributed by atoms with E-state index in [0.717, 1.165) is 11.5 Å². The molecular weight excluding hydrogens is 212 g/mol. The fraction of sp³-hybridized carbons (Fsp3) is 0.286. The van der Waals surface area contributed by atoms with Crippen molar-refractivity contribution in [2.75, 3.05) is 0 Å². The smallest absolute Gasteiger partial charge is 0.133 e. The van der Waals surface area contributed by atoms with Crippen LogP contribution in [0.5, 0.6) is 0 Å². The zero-order valence-electron chi connectivity index (χ0n) is 10.1. The molecule has 0 unspecified atom stereocenters. The van der Waals surface area contributed by atoms with Crippen molar-refractivity contribution in [1.29, 1.82) is 0 Å². The van der Waals surface area contributed by atoms with Gasteiger partial charge in [0.05, 0.1) is 12.3 Å². The highest BCUT2D eigenvalue weighted by Crippen LogP contribution is 2.12. The summed E-state index contributed by atoms with van der Waals surface area (Å²) >= 11 is 0. The van der Waals surface area contributed by atoms with Crippen LogP contribution in [0.15, 0.2) is 30.3 Å². The van der Waals surface area contributed by atoms with Crippen molar-refractivity contribution in [3.05, 3.63) is 58.7 Å². The number of benzene rings is 1. The molecule has 0 aliphatic heterocycles. The minimum absolute atomic E-state index is 0.0376. The second kappa shape index (κ2) is 5.06. The third kappa shape index (κ3) is 2.88. The van der Waals surface area contributed by atoms with E-state index < -0.39 is 0 Å². The number of aliphatic hydroxyl groups excluding tert-OH is 1. The first-order chi connectivity index (χ1) is 8.19. The second-order valence-electron chi connectivity index (χ2n) is 4.18. The van der Waals surface area contributed by atoms with Crippen molar-refractivity contribution >= 4 is 0 Å². The summed E-state index contributed by atoms with van der Waals surface area (Å²) in [7, 11) is 0. The van der Waals surface area contributed by atoms with E-state index in [1.807, 2.05) is 19.1 Å². The molecule has 0 radical (unpaired) electrons. The molecule has 88 valence electrons. The van der Waals surface area contributed by atoms with Crippen LogP contribution in [0.1, 0.15) is 28.3 Å². The topological polar surface area (TPSA) is 46.0 Å². The lowest BCUT2D eigenvalue weighted by atomic mass is 10.1. The Labute approximate surface area is 101 Å². The molecule has 0 bridgehead atoms. The molecule has 17 heavy (non-hydrogen) atoms. The summed E-state index contributed by atoms with van der Waals surface area (Å²) in [6, 6.07) is 10.0. The van der Waals surface area contributed by atoms with Crippen LogP contribution in [-0.4, -0.2) is 15.1 Å². The molecule has 3 nitrogen and oxygen atoms in total. The number of aliphatic hydroxyl groups is 1. The maximum atomic E-state index is 9.12. The van der Waals surface area contributed by atoms with Crippen LogP contribution in [0.4, 0.5) is 0 Å². The van der Waals surface area contributed by atoms with Crippen molar-refractivity contribution in [3.8, 4) is 0 Å². The fourth-order valence-electron chi connectivity index (χ4n) is 1.84. The van der Waals surface area contributed by atoms with E-state index in [-0.39, 0.29) is 6.61 Å². The number of hydrogen-bond acceptors (Lipinski definition) is 3. The minimum atomic E-state index is -0.0376. The second-order valence-corrected chi connectivity index (χ2v) is 4.18. The Kier molecular flexibility index (Phi) is 3.49. The summed E-state index contributed by atoms with van der Waals surface area (Å²) in [5.74, 6) is 0.767. The molecule has 0 amide bonds. The highest BCUT2D eigenvalue weighted by molar-refractivity contribution is 5.28. The van der Waals surface area contributed by atoms with E-state index in [4.69, 9.17) is 5.11 Å². The van der Waals surface area contributed by atoms with Gasteiger partial charge in [-0.1, -0.05) is 24.3 Å². The average Bonchev–Trinajstić information content (AvgIpc) is 2.31. The lowest BCUT2D eigenvalue weighted by molar-refractivity contribution is 0.276. The molecule has 1 aromatic heterocycles. The first kappa shape index (κ1) is 11.7.